The fourth-order valence-electron chi connectivity index (χ4n) is 3.78. The van der Waals surface area contributed by atoms with Crippen molar-refractivity contribution in [2.75, 3.05) is 6.54 Å². The maximum Gasteiger partial charge on any atom is 0.523 e. The third-order valence-corrected chi connectivity index (χ3v) is 6.36. The van der Waals surface area contributed by atoms with Gasteiger partial charge >= 0.3 is 21.7 Å². The van der Waals surface area contributed by atoms with Crippen LogP contribution >= 0.6 is 0 Å². The first-order valence-corrected chi connectivity index (χ1v) is 12.1. The fourth-order valence-corrected chi connectivity index (χ4v) is 4.44. The number of hydrogen-bond donors (Lipinski definition) is 0. The molecule has 1 heterocycles. The summed E-state index contributed by atoms with van der Waals surface area (Å²) in [5, 5.41) is 0. The van der Waals surface area contributed by atoms with E-state index in [1.165, 1.54) is 45.0 Å². The van der Waals surface area contributed by atoms with Crippen LogP contribution in [0.3, 0.4) is 0 Å². The van der Waals surface area contributed by atoms with E-state index in [-0.39, 0.29) is 16.7 Å². The third-order valence-electron chi connectivity index (χ3n) is 5.33. The van der Waals surface area contributed by atoms with Crippen LogP contribution in [-0.2, 0) is 25.5 Å². The van der Waals surface area contributed by atoms with Gasteiger partial charge in [0.1, 0.15) is 17.2 Å². The molecular formula is C23H22F7NO5S. The monoisotopic (exact) mass is 557 g/mol. The number of ether oxygens (including phenoxy) is 1. The number of likely N-dealkylation sites (tertiary alicyclic amines) is 1. The van der Waals surface area contributed by atoms with Crippen LogP contribution in [-0.4, -0.2) is 55.1 Å². The minimum Gasteiger partial charge on any atom is -0.444 e. The molecule has 0 radical (unpaired) electrons. The number of rotatable bonds is 5. The molecule has 14 heteroatoms. The molecule has 2 aromatic carbocycles. The molecule has 0 N–H and O–H groups in total. The molecule has 3 rings (SSSR count). The van der Waals surface area contributed by atoms with Crippen LogP contribution in [0.4, 0.5) is 35.5 Å². The van der Waals surface area contributed by atoms with Gasteiger partial charge in [-0.15, -0.1) is 0 Å². The van der Waals surface area contributed by atoms with Gasteiger partial charge in [-0.3, -0.25) is 9.08 Å². The molecule has 0 saturated carbocycles. The van der Waals surface area contributed by atoms with Crippen LogP contribution in [0.2, 0.25) is 0 Å². The number of carbonyl (C=O) groups excluding carboxylic acids is 1. The molecule has 204 valence electrons. The zero-order valence-corrected chi connectivity index (χ0v) is 20.5. The molecule has 1 aliphatic heterocycles. The maximum absolute atomic E-state index is 15.4. The summed E-state index contributed by atoms with van der Waals surface area (Å²) in [7, 11) is -6.52. The molecule has 0 aliphatic carbocycles. The summed E-state index contributed by atoms with van der Waals surface area (Å²) in [5.74, 6) is -6.01. The molecule has 0 spiro atoms. The minimum absolute atomic E-state index is 0.0764. The van der Waals surface area contributed by atoms with Crippen molar-refractivity contribution in [1.82, 2.24) is 4.90 Å². The van der Waals surface area contributed by atoms with Crippen molar-refractivity contribution < 1.29 is 52.9 Å². The number of alkyl halides is 5. The molecule has 1 amide bonds. The zero-order valence-electron chi connectivity index (χ0n) is 19.7. The van der Waals surface area contributed by atoms with Crippen LogP contribution in [0.25, 0.3) is 11.1 Å². The molecule has 0 aromatic heterocycles. The summed E-state index contributed by atoms with van der Waals surface area (Å²) in [6.07, 6.45) is -5.28. The van der Waals surface area contributed by atoms with Crippen molar-refractivity contribution in [2.24, 2.45) is 0 Å². The van der Waals surface area contributed by atoms with Gasteiger partial charge in [0.05, 0.1) is 12.6 Å². The van der Waals surface area contributed by atoms with E-state index in [1.54, 1.807) is 0 Å². The highest BCUT2D eigenvalue weighted by atomic mass is 32.2. The van der Waals surface area contributed by atoms with Crippen LogP contribution in [0.1, 0.15) is 26.3 Å². The maximum atomic E-state index is 15.4. The zero-order chi connectivity index (χ0) is 28.0. The van der Waals surface area contributed by atoms with Crippen molar-refractivity contribution in [3.63, 3.8) is 0 Å². The number of carbonyl (C=O) groups is 1. The smallest absolute Gasteiger partial charge is 0.444 e. The summed E-state index contributed by atoms with van der Waals surface area (Å²) in [5.41, 5.74) is -7.69. The quantitative estimate of drug-likeness (QED) is 0.270. The summed E-state index contributed by atoms with van der Waals surface area (Å²) >= 11 is 0. The van der Waals surface area contributed by atoms with E-state index in [4.69, 9.17) is 4.74 Å². The Balaban J connectivity index is 2.07. The van der Waals surface area contributed by atoms with E-state index >= 15 is 4.39 Å². The highest BCUT2D eigenvalue weighted by Crippen LogP contribution is 2.41. The molecule has 0 bridgehead atoms. The van der Waals surface area contributed by atoms with Crippen molar-refractivity contribution in [1.29, 1.82) is 0 Å². The Bertz CT molecular complexity index is 1270. The lowest BCUT2D eigenvalue weighted by Gasteiger charge is -2.30. The van der Waals surface area contributed by atoms with Gasteiger partial charge in [0, 0.05) is 5.56 Å². The predicted octanol–water partition coefficient (Wildman–Crippen LogP) is 5.66. The van der Waals surface area contributed by atoms with E-state index in [2.05, 4.69) is 4.18 Å². The highest BCUT2D eigenvalue weighted by Gasteiger charge is 2.62. The molecule has 1 saturated heterocycles. The second kappa shape index (κ2) is 9.78. The Kier molecular flexibility index (Phi) is 7.59. The van der Waals surface area contributed by atoms with Crippen molar-refractivity contribution >= 4 is 16.2 Å². The van der Waals surface area contributed by atoms with Gasteiger partial charge in [-0.1, -0.05) is 30.3 Å². The molecule has 2 atom stereocenters. The molecule has 1 fully saturated rings. The Morgan fingerprint density at radius 3 is 2.27 bits per heavy atom. The lowest BCUT2D eigenvalue weighted by atomic mass is 9.96. The Labute approximate surface area is 208 Å². The normalized spacial score (nSPS) is 20.2. The van der Waals surface area contributed by atoms with Crippen LogP contribution in [0, 0.1) is 11.6 Å². The standard InChI is InChI=1S/C23H22F7NO5S/c1-21(2,3)35-20(32)31-12-22(26,27)19(36-37(33,34)23(28,29)30)17(31)11-14-7-5-9-16(18(14)25)13-6-4-8-15(24)10-13/h4-10,17,19H,11-12H2,1-3H3/t17-,19-/m0/s1. The van der Waals surface area contributed by atoms with Gasteiger partial charge in [0.15, 0.2) is 6.10 Å². The Morgan fingerprint density at radius 1 is 1.08 bits per heavy atom. The molecular weight excluding hydrogens is 535 g/mol. The fraction of sp³-hybridized carbons (Fsp3) is 0.435. The van der Waals surface area contributed by atoms with E-state index in [1.807, 2.05) is 0 Å². The first-order chi connectivity index (χ1) is 16.8. The highest BCUT2D eigenvalue weighted by molar-refractivity contribution is 7.87. The van der Waals surface area contributed by atoms with Crippen LogP contribution in [0.15, 0.2) is 42.5 Å². The van der Waals surface area contributed by atoms with Crippen molar-refractivity contribution in [3.8, 4) is 11.1 Å². The van der Waals surface area contributed by atoms with Crippen LogP contribution < -0.4 is 0 Å². The summed E-state index contributed by atoms with van der Waals surface area (Å²) in [6, 6.07) is 6.33. The molecule has 6 nitrogen and oxygen atoms in total. The van der Waals surface area contributed by atoms with E-state index in [9.17, 15) is 39.6 Å². The lowest BCUT2D eigenvalue weighted by molar-refractivity contribution is -0.0902. The molecule has 37 heavy (non-hydrogen) atoms. The molecule has 2 aromatic rings. The van der Waals surface area contributed by atoms with Gasteiger partial charge in [-0.05, 0) is 50.5 Å². The van der Waals surface area contributed by atoms with Crippen molar-refractivity contribution in [3.05, 3.63) is 59.7 Å². The average Bonchev–Trinajstić information content (AvgIpc) is 2.97. The lowest BCUT2D eigenvalue weighted by Crippen LogP contribution is -2.47. The van der Waals surface area contributed by atoms with Gasteiger partial charge < -0.3 is 4.74 Å². The second-order valence-electron chi connectivity index (χ2n) is 9.35. The van der Waals surface area contributed by atoms with Gasteiger partial charge in [0.25, 0.3) is 5.92 Å². The summed E-state index contributed by atoms with van der Waals surface area (Å²) in [6.45, 7) is 2.66. The van der Waals surface area contributed by atoms with E-state index in [0.717, 1.165) is 18.2 Å². The minimum atomic E-state index is -6.52. The Morgan fingerprint density at radius 2 is 1.70 bits per heavy atom. The predicted molar refractivity (Wildman–Crippen MR) is 117 cm³/mol. The number of hydrogen-bond acceptors (Lipinski definition) is 5. The molecule has 1 aliphatic rings. The van der Waals surface area contributed by atoms with Gasteiger partial charge in [0.2, 0.25) is 0 Å². The van der Waals surface area contributed by atoms with Gasteiger partial charge in [-0.2, -0.15) is 21.6 Å². The van der Waals surface area contributed by atoms with E-state index < -0.39 is 70.0 Å². The van der Waals surface area contributed by atoms with Gasteiger partial charge in [-0.25, -0.2) is 22.4 Å². The van der Waals surface area contributed by atoms with Crippen molar-refractivity contribution in [2.45, 2.75) is 56.4 Å². The second-order valence-corrected chi connectivity index (χ2v) is 10.9. The van der Waals surface area contributed by atoms with Crippen LogP contribution in [0.5, 0.6) is 0 Å². The first-order valence-electron chi connectivity index (χ1n) is 10.7. The third kappa shape index (κ3) is 6.35. The Hall–Kier alpha value is -2.87. The summed E-state index contributed by atoms with van der Waals surface area (Å²) < 4.78 is 130. The summed E-state index contributed by atoms with van der Waals surface area (Å²) in [4.78, 5) is 13.0. The number of benzene rings is 2. The van der Waals surface area contributed by atoms with E-state index in [0.29, 0.717) is 4.90 Å². The number of halogens is 7. The number of amides is 1. The largest absolute Gasteiger partial charge is 0.523 e. The number of nitrogens with zero attached hydrogens (tertiary/aromatic N) is 1. The SMILES string of the molecule is CC(C)(C)OC(=O)N1CC(F)(F)[C@@H](OS(=O)(=O)C(F)(F)F)[C@@H]1Cc1cccc(-c2cccc(F)c2)c1F. The average molecular weight is 557 g/mol. The molecule has 0 unspecified atom stereocenters. The topological polar surface area (TPSA) is 72.9 Å². The first kappa shape index (κ1) is 28.7.